The largest absolute Gasteiger partial charge is 0.480 e. The van der Waals surface area contributed by atoms with Gasteiger partial charge in [0, 0.05) is 20.1 Å². The molecule has 14 heavy (non-hydrogen) atoms. The fourth-order valence-corrected chi connectivity index (χ4v) is 1.61. The molecule has 1 fully saturated rings. The Hall–Kier alpha value is -1.26. The van der Waals surface area contributed by atoms with E-state index in [1.807, 2.05) is 6.92 Å². The number of aliphatic carboxylic acids is 1. The van der Waals surface area contributed by atoms with Crippen molar-refractivity contribution in [2.75, 3.05) is 20.1 Å². The first kappa shape index (κ1) is 10.8. The second-order valence-electron chi connectivity index (χ2n) is 3.49. The molecule has 1 aliphatic rings. The maximum atomic E-state index is 11.7. The SMILES string of the molecule is CCN(C)C(=O)N1CCCC1C(=O)O. The number of nitrogens with zero attached hydrogens (tertiary/aromatic N) is 2. The smallest absolute Gasteiger partial charge is 0.326 e. The van der Waals surface area contributed by atoms with Crippen molar-refractivity contribution in [2.45, 2.75) is 25.8 Å². The van der Waals surface area contributed by atoms with Gasteiger partial charge in [-0.05, 0) is 19.8 Å². The van der Waals surface area contributed by atoms with Crippen LogP contribution in [-0.2, 0) is 4.79 Å². The Kier molecular flexibility index (Phi) is 3.33. The maximum Gasteiger partial charge on any atom is 0.326 e. The van der Waals surface area contributed by atoms with Crippen LogP contribution in [0.2, 0.25) is 0 Å². The number of urea groups is 1. The van der Waals surface area contributed by atoms with Crippen LogP contribution < -0.4 is 0 Å². The molecule has 0 saturated carbocycles. The van der Waals surface area contributed by atoms with Gasteiger partial charge in [-0.25, -0.2) is 9.59 Å². The molecular formula is C9H16N2O3. The first-order valence-corrected chi connectivity index (χ1v) is 4.82. The lowest BCUT2D eigenvalue weighted by atomic mass is 10.2. The van der Waals surface area contributed by atoms with E-state index in [-0.39, 0.29) is 6.03 Å². The average Bonchev–Trinajstić information content (AvgIpc) is 2.63. The van der Waals surface area contributed by atoms with Crippen LogP contribution in [0.3, 0.4) is 0 Å². The molecule has 5 nitrogen and oxygen atoms in total. The van der Waals surface area contributed by atoms with E-state index in [0.29, 0.717) is 19.5 Å². The van der Waals surface area contributed by atoms with Crippen molar-refractivity contribution in [3.63, 3.8) is 0 Å². The highest BCUT2D eigenvalue weighted by Gasteiger charge is 2.34. The highest BCUT2D eigenvalue weighted by Crippen LogP contribution is 2.18. The first-order chi connectivity index (χ1) is 6.57. The van der Waals surface area contributed by atoms with Gasteiger partial charge in [0.15, 0.2) is 0 Å². The summed E-state index contributed by atoms with van der Waals surface area (Å²) in [5.41, 5.74) is 0. The van der Waals surface area contributed by atoms with Crippen LogP contribution in [-0.4, -0.2) is 53.1 Å². The number of carboxylic acid groups (broad SMARTS) is 1. The molecule has 1 N–H and O–H groups in total. The van der Waals surface area contributed by atoms with Crippen LogP contribution >= 0.6 is 0 Å². The first-order valence-electron chi connectivity index (χ1n) is 4.82. The molecule has 0 aromatic carbocycles. The van der Waals surface area contributed by atoms with Crippen molar-refractivity contribution in [2.24, 2.45) is 0 Å². The van der Waals surface area contributed by atoms with E-state index in [1.54, 1.807) is 7.05 Å². The molecule has 0 spiro atoms. The molecule has 1 unspecified atom stereocenters. The minimum absolute atomic E-state index is 0.183. The summed E-state index contributed by atoms with van der Waals surface area (Å²) in [5, 5.41) is 8.87. The Morgan fingerprint density at radius 2 is 2.21 bits per heavy atom. The summed E-state index contributed by atoms with van der Waals surface area (Å²) in [6, 6.07) is -0.811. The van der Waals surface area contributed by atoms with Crippen LogP contribution in [0, 0.1) is 0 Å². The summed E-state index contributed by atoms with van der Waals surface area (Å²) in [6.07, 6.45) is 1.35. The van der Waals surface area contributed by atoms with Gasteiger partial charge in [0.1, 0.15) is 6.04 Å². The molecule has 5 heteroatoms. The minimum Gasteiger partial charge on any atom is -0.480 e. The Balaban J connectivity index is 2.67. The number of hydrogen-bond acceptors (Lipinski definition) is 2. The molecule has 1 saturated heterocycles. The van der Waals surface area contributed by atoms with E-state index in [1.165, 1.54) is 9.80 Å². The maximum absolute atomic E-state index is 11.7. The van der Waals surface area contributed by atoms with Crippen molar-refractivity contribution >= 4 is 12.0 Å². The van der Waals surface area contributed by atoms with E-state index >= 15 is 0 Å². The molecular weight excluding hydrogens is 184 g/mol. The highest BCUT2D eigenvalue weighted by molar-refractivity contribution is 5.83. The second kappa shape index (κ2) is 4.30. The van der Waals surface area contributed by atoms with Crippen LogP contribution in [0.15, 0.2) is 0 Å². The zero-order chi connectivity index (χ0) is 10.7. The summed E-state index contributed by atoms with van der Waals surface area (Å²) in [7, 11) is 1.68. The van der Waals surface area contributed by atoms with Gasteiger partial charge in [0.2, 0.25) is 0 Å². The van der Waals surface area contributed by atoms with E-state index < -0.39 is 12.0 Å². The average molecular weight is 200 g/mol. The lowest BCUT2D eigenvalue weighted by Gasteiger charge is -2.26. The van der Waals surface area contributed by atoms with Gasteiger partial charge in [-0.15, -0.1) is 0 Å². The molecule has 1 aliphatic heterocycles. The number of carbonyl (C=O) groups excluding carboxylic acids is 1. The Bertz CT molecular complexity index is 242. The molecule has 2 amide bonds. The molecule has 0 aliphatic carbocycles. The molecule has 1 heterocycles. The number of rotatable bonds is 2. The molecule has 0 aromatic heterocycles. The lowest BCUT2D eigenvalue weighted by molar-refractivity contribution is -0.141. The van der Waals surface area contributed by atoms with E-state index in [2.05, 4.69) is 0 Å². The van der Waals surface area contributed by atoms with E-state index in [9.17, 15) is 9.59 Å². The second-order valence-corrected chi connectivity index (χ2v) is 3.49. The normalized spacial score (nSPS) is 21.0. The van der Waals surface area contributed by atoms with Crippen LogP contribution in [0.25, 0.3) is 0 Å². The van der Waals surface area contributed by atoms with Gasteiger partial charge in [-0.3, -0.25) is 0 Å². The zero-order valence-electron chi connectivity index (χ0n) is 8.56. The number of carboxylic acids is 1. The number of amides is 2. The minimum atomic E-state index is -0.902. The Labute approximate surface area is 83.3 Å². The third kappa shape index (κ3) is 1.97. The number of carbonyl (C=O) groups is 2. The lowest BCUT2D eigenvalue weighted by Crippen LogP contribution is -2.46. The third-order valence-corrected chi connectivity index (χ3v) is 2.58. The van der Waals surface area contributed by atoms with Crippen LogP contribution in [0.4, 0.5) is 4.79 Å². The Morgan fingerprint density at radius 3 is 2.71 bits per heavy atom. The third-order valence-electron chi connectivity index (χ3n) is 2.58. The number of hydrogen-bond donors (Lipinski definition) is 1. The van der Waals surface area contributed by atoms with Crippen molar-refractivity contribution < 1.29 is 14.7 Å². The standard InChI is InChI=1S/C9H16N2O3/c1-3-10(2)9(14)11-6-4-5-7(11)8(12)13/h7H,3-6H2,1-2H3,(H,12,13). The zero-order valence-corrected chi connectivity index (χ0v) is 8.56. The fourth-order valence-electron chi connectivity index (χ4n) is 1.61. The predicted octanol–water partition coefficient (Wildman–Crippen LogP) is 0.607. The van der Waals surface area contributed by atoms with E-state index in [4.69, 9.17) is 5.11 Å². The topological polar surface area (TPSA) is 60.9 Å². The highest BCUT2D eigenvalue weighted by atomic mass is 16.4. The van der Waals surface area contributed by atoms with Gasteiger partial charge in [0.05, 0.1) is 0 Å². The van der Waals surface area contributed by atoms with Crippen LogP contribution in [0.5, 0.6) is 0 Å². The van der Waals surface area contributed by atoms with Gasteiger partial charge < -0.3 is 14.9 Å². The quantitative estimate of drug-likeness (QED) is 0.710. The number of likely N-dealkylation sites (tertiary alicyclic amines) is 1. The van der Waals surface area contributed by atoms with Crippen LogP contribution in [0.1, 0.15) is 19.8 Å². The van der Waals surface area contributed by atoms with Gasteiger partial charge in [-0.1, -0.05) is 0 Å². The molecule has 1 rings (SSSR count). The fraction of sp³-hybridized carbons (Fsp3) is 0.778. The van der Waals surface area contributed by atoms with Crippen molar-refractivity contribution in [1.82, 2.24) is 9.80 Å². The van der Waals surface area contributed by atoms with Crippen molar-refractivity contribution in [3.8, 4) is 0 Å². The summed E-state index contributed by atoms with van der Waals surface area (Å²) in [5.74, 6) is -0.902. The van der Waals surface area contributed by atoms with E-state index in [0.717, 1.165) is 6.42 Å². The molecule has 80 valence electrons. The Morgan fingerprint density at radius 1 is 1.57 bits per heavy atom. The molecule has 0 radical (unpaired) electrons. The van der Waals surface area contributed by atoms with Crippen molar-refractivity contribution in [1.29, 1.82) is 0 Å². The summed E-state index contributed by atoms with van der Waals surface area (Å²) < 4.78 is 0. The summed E-state index contributed by atoms with van der Waals surface area (Å²) in [4.78, 5) is 25.5. The van der Waals surface area contributed by atoms with Gasteiger partial charge in [-0.2, -0.15) is 0 Å². The monoisotopic (exact) mass is 200 g/mol. The summed E-state index contributed by atoms with van der Waals surface area (Å²) in [6.45, 7) is 3.02. The van der Waals surface area contributed by atoms with Gasteiger partial charge in [0.25, 0.3) is 0 Å². The molecule has 0 aromatic rings. The van der Waals surface area contributed by atoms with Crippen molar-refractivity contribution in [3.05, 3.63) is 0 Å². The molecule has 0 bridgehead atoms. The summed E-state index contributed by atoms with van der Waals surface area (Å²) >= 11 is 0. The predicted molar refractivity (Wildman–Crippen MR) is 51.1 cm³/mol. The van der Waals surface area contributed by atoms with Gasteiger partial charge >= 0.3 is 12.0 Å². The molecule has 1 atom stereocenters.